The minimum absolute atomic E-state index is 0.0169. The number of ketones is 3. The fourth-order valence-corrected chi connectivity index (χ4v) is 15.5. The van der Waals surface area contributed by atoms with Crippen LogP contribution in [-0.4, -0.2) is 113 Å². The molecule has 14 rings (SSSR count). The van der Waals surface area contributed by atoms with E-state index in [1.165, 1.54) is 30.5 Å². The molecule has 1 saturated heterocycles. The second-order valence-electron chi connectivity index (χ2n) is 21.7. The van der Waals surface area contributed by atoms with Gasteiger partial charge in [0.05, 0.1) is 23.3 Å². The van der Waals surface area contributed by atoms with Crippen molar-refractivity contribution < 1.29 is 59.6 Å². The Morgan fingerprint density at radius 3 is 2.53 bits per heavy atom. The Morgan fingerprint density at radius 1 is 0.926 bits per heavy atom. The summed E-state index contributed by atoms with van der Waals surface area (Å²) in [7, 11) is 0. The predicted octanol–water partition coefficient (Wildman–Crippen LogP) is 4.35. The lowest BCUT2D eigenvalue weighted by Gasteiger charge is -2.64. The van der Waals surface area contributed by atoms with Gasteiger partial charge in [-0.3, -0.25) is 14.4 Å². The van der Waals surface area contributed by atoms with Crippen molar-refractivity contribution in [2.75, 3.05) is 18.5 Å². The smallest absolute Gasteiger partial charge is 0.261 e. The Hall–Kier alpha value is -5.26. The van der Waals surface area contributed by atoms with Crippen molar-refractivity contribution in [2.24, 2.45) is 16.2 Å². The second-order valence-corrected chi connectivity index (χ2v) is 21.7. The first-order chi connectivity index (χ1) is 32.6. The molecule has 6 heterocycles. The third-order valence-electron chi connectivity index (χ3n) is 18.3. The number of ether oxygens (including phenoxy) is 2. The van der Waals surface area contributed by atoms with Crippen molar-refractivity contribution in [1.29, 1.82) is 0 Å². The maximum Gasteiger partial charge on any atom is 0.261 e. The minimum atomic E-state index is -2.51. The average Bonchev–Trinajstić information content (AvgIpc) is 4.13. The number of nitrogens with one attached hydrogen (secondary N) is 1. The van der Waals surface area contributed by atoms with Gasteiger partial charge in [0.2, 0.25) is 5.78 Å². The first kappa shape index (κ1) is 42.8. The highest BCUT2D eigenvalue weighted by molar-refractivity contribution is 6.34. The molecule has 4 aliphatic heterocycles. The molecule has 2 aromatic carbocycles. The summed E-state index contributed by atoms with van der Waals surface area (Å²) < 4.78 is 14.4. The number of rotatable bonds is 4. The van der Waals surface area contributed by atoms with Gasteiger partial charge in [-0.25, -0.2) is 4.98 Å². The summed E-state index contributed by atoms with van der Waals surface area (Å²) in [5.74, 6) is -4.91. The molecule has 0 unspecified atom stereocenters. The van der Waals surface area contributed by atoms with Gasteiger partial charge in [0.15, 0.2) is 17.5 Å². The topological polar surface area (TPSA) is 250 Å². The molecule has 5 spiro atoms. The lowest BCUT2D eigenvalue weighted by molar-refractivity contribution is -0.366. The van der Waals surface area contributed by atoms with E-state index in [9.17, 15) is 45.3 Å². The SMILES string of the molecule is Cc1cc(O)c2c(c1)C(=O)c1c(c3cc4c(nccc14)NC[C@H](O)[C@@]14CCC[C@H]1c1cc(CC(=O)CCO)[n-]c1C1=C[C@@]5(O3)O[C@@]3(C1=C4C[C@]1(CCC4(CCCC4)C1)[C@@H]3O)[C@@H](O)[C@H](O)[C@H]5O)C2=O. The minimum Gasteiger partial charge on any atom is -0.660 e. The van der Waals surface area contributed by atoms with E-state index in [4.69, 9.17) is 19.4 Å². The number of fused-ring (bicyclic) bond motifs is 7. The van der Waals surface area contributed by atoms with Crippen LogP contribution < -0.4 is 15.0 Å². The van der Waals surface area contributed by atoms with Crippen molar-refractivity contribution in [3.05, 3.63) is 98.5 Å². The number of benzene rings is 2. The summed E-state index contributed by atoms with van der Waals surface area (Å²) in [4.78, 5) is 53.1. The van der Waals surface area contributed by atoms with E-state index in [0.717, 1.165) is 43.2 Å². The van der Waals surface area contributed by atoms with Crippen LogP contribution in [0.15, 0.2) is 53.8 Å². The number of aliphatic hydroxyl groups excluding tert-OH is 6. The van der Waals surface area contributed by atoms with Crippen LogP contribution in [0.4, 0.5) is 5.82 Å². The molecule has 2 aromatic heterocycles. The molecule has 15 heteroatoms. The van der Waals surface area contributed by atoms with E-state index in [-0.39, 0.29) is 71.0 Å². The highest BCUT2D eigenvalue weighted by Gasteiger charge is 2.75. The van der Waals surface area contributed by atoms with Crippen molar-refractivity contribution >= 4 is 39.5 Å². The fourth-order valence-electron chi connectivity index (χ4n) is 15.5. The molecule has 10 atom stereocenters. The summed E-state index contributed by atoms with van der Waals surface area (Å²) in [5.41, 5.74) is -1.34. The molecule has 0 radical (unpaired) electrons. The van der Waals surface area contributed by atoms with Gasteiger partial charge in [0, 0.05) is 59.5 Å². The van der Waals surface area contributed by atoms with Gasteiger partial charge in [0.25, 0.3) is 5.79 Å². The molecule has 68 heavy (non-hydrogen) atoms. The first-order valence-corrected chi connectivity index (χ1v) is 24.3. The van der Waals surface area contributed by atoms with Gasteiger partial charge < -0.3 is 55.5 Å². The summed E-state index contributed by atoms with van der Waals surface area (Å²) in [6.07, 6.45) is 2.30. The van der Waals surface area contributed by atoms with Crippen LogP contribution in [0.25, 0.3) is 16.3 Å². The van der Waals surface area contributed by atoms with Crippen molar-refractivity contribution in [3.8, 4) is 11.5 Å². The van der Waals surface area contributed by atoms with Gasteiger partial charge in [0.1, 0.15) is 35.3 Å². The molecule has 4 fully saturated rings. The van der Waals surface area contributed by atoms with E-state index >= 15 is 4.79 Å². The lowest BCUT2D eigenvalue weighted by Crippen LogP contribution is -2.79. The monoisotopic (exact) mass is 924 g/mol. The van der Waals surface area contributed by atoms with E-state index < -0.39 is 76.0 Å². The maximum atomic E-state index is 15.1. The highest BCUT2D eigenvalue weighted by atomic mass is 16.7. The summed E-state index contributed by atoms with van der Waals surface area (Å²) in [6.45, 7) is 1.31. The van der Waals surface area contributed by atoms with Crippen LogP contribution in [-0.2, 0) is 16.0 Å². The number of nitrogens with zero attached hydrogens (tertiary/aromatic N) is 2. The maximum absolute atomic E-state index is 15.1. The summed E-state index contributed by atoms with van der Waals surface area (Å²) in [5, 5.41) is 90.2. The fraction of sp³-hybridized carbons (Fsp3) is 0.509. The Morgan fingerprint density at radius 2 is 1.74 bits per heavy atom. The van der Waals surface area contributed by atoms with Crippen LogP contribution in [0.2, 0.25) is 0 Å². The Bertz CT molecular complexity index is 3020. The zero-order chi connectivity index (χ0) is 47.0. The number of aryl methyl sites for hydroxylation is 1. The van der Waals surface area contributed by atoms with Gasteiger partial charge in [-0.2, -0.15) is 5.69 Å². The third kappa shape index (κ3) is 5.27. The molecule has 8 bridgehead atoms. The number of hydrogen-bond donors (Lipinski definition) is 8. The largest absolute Gasteiger partial charge is 0.660 e. The Labute approximate surface area is 390 Å². The number of Topliss-reactive ketones (excluding diaryl/α,β-unsaturated/α-hetero) is 1. The van der Waals surface area contributed by atoms with Gasteiger partial charge >= 0.3 is 0 Å². The Balaban J connectivity index is 1.14. The van der Waals surface area contributed by atoms with Crippen LogP contribution >= 0.6 is 0 Å². The molecular weight excluding hydrogens is 871 g/mol. The normalized spacial score (nSPS) is 35.8. The van der Waals surface area contributed by atoms with Gasteiger partial charge in [-0.05, 0) is 122 Å². The number of carbonyl (C=O) groups is 3. The number of phenols is 1. The van der Waals surface area contributed by atoms with E-state index in [2.05, 4.69) is 5.32 Å². The third-order valence-corrected chi connectivity index (χ3v) is 18.3. The number of aromatic nitrogens is 2. The predicted molar refractivity (Wildman–Crippen MR) is 243 cm³/mol. The second kappa shape index (κ2) is 14.2. The number of carbonyl (C=O) groups excluding carboxylic acids is 3. The van der Waals surface area contributed by atoms with Gasteiger partial charge in [-0.1, -0.05) is 36.5 Å². The zero-order valence-corrected chi connectivity index (χ0v) is 37.7. The molecule has 0 amide bonds. The molecular formula is C53H54N3O12-. The summed E-state index contributed by atoms with van der Waals surface area (Å²) in [6, 6.07) is 7.91. The molecule has 6 aliphatic carbocycles. The van der Waals surface area contributed by atoms with Crippen molar-refractivity contribution in [2.45, 2.75) is 138 Å². The number of phenolic OH excluding ortho intramolecular Hbond substituents is 1. The van der Waals surface area contributed by atoms with Crippen molar-refractivity contribution in [3.63, 3.8) is 0 Å². The van der Waals surface area contributed by atoms with Crippen LogP contribution in [0, 0.1) is 23.2 Å². The van der Waals surface area contributed by atoms with Gasteiger partial charge in [-0.15, -0.1) is 5.69 Å². The molecule has 3 saturated carbocycles. The molecule has 4 aromatic rings. The van der Waals surface area contributed by atoms with E-state index in [0.29, 0.717) is 77.4 Å². The standard InChI is InChI=1S/C53H54N3O12/c1-24-15-30-37(34(59)16-24)43(62)39-35-19-28-27(38(39)42(30)61)6-13-54-47(28)55-22-36(60)51-10-4-5-32(51)29-18-25(17-26(58)7-14-57)56-41(29)31-20-52(67-35)45(64)44(63)46(65)53(68-52)40(31)33(51)21-50(48(53)66)12-11-49(23-50)8-2-3-9-49/h6,13,15-16,18-20,32,36,44-46,48,57,60,63-66H,2-5,7-12,14,17,21-23H2,1H3,(H,59,62)(H,54,55,61)/q-1/t32-,36-,44+,45+,46-,48-,50-,51-,52+,53-/m0/s1. The highest BCUT2D eigenvalue weighted by Crippen LogP contribution is 2.73. The number of aliphatic hydroxyl groups is 6. The average molecular weight is 925 g/mol. The number of anilines is 1. The van der Waals surface area contributed by atoms with E-state index in [1.807, 2.05) is 6.07 Å². The zero-order valence-electron chi connectivity index (χ0n) is 37.7. The first-order valence-electron chi connectivity index (χ1n) is 24.3. The molecule has 354 valence electrons. The molecule has 15 nitrogen and oxygen atoms in total. The van der Waals surface area contributed by atoms with E-state index in [1.54, 1.807) is 13.0 Å². The molecule has 8 N–H and O–H groups in total. The Kier molecular flexibility index (Phi) is 8.93. The van der Waals surface area contributed by atoms with Crippen LogP contribution in [0.5, 0.6) is 11.5 Å². The quantitative estimate of drug-likeness (QED) is 0.125. The number of hydrogen-bond acceptors (Lipinski definition) is 14. The van der Waals surface area contributed by atoms with Crippen molar-refractivity contribution in [1.82, 2.24) is 9.97 Å². The van der Waals surface area contributed by atoms with Crippen LogP contribution in [0.3, 0.4) is 0 Å². The van der Waals surface area contributed by atoms with Crippen LogP contribution in [0.1, 0.15) is 137 Å². The number of pyridine rings is 1. The number of aromatic hydroxyl groups is 1. The lowest BCUT2D eigenvalue weighted by atomic mass is 9.51. The molecule has 10 aliphatic rings. The summed E-state index contributed by atoms with van der Waals surface area (Å²) >= 11 is 0.